The number of H-pyrrole nitrogens is 2. The highest BCUT2D eigenvalue weighted by Crippen LogP contribution is 2.39. The van der Waals surface area contributed by atoms with Crippen molar-refractivity contribution >= 4 is 17.9 Å². The summed E-state index contributed by atoms with van der Waals surface area (Å²) in [5.41, 5.74) is 2.91. The number of rotatable bonds is 10. The normalized spacial score (nSPS) is 16.5. The van der Waals surface area contributed by atoms with Crippen molar-refractivity contribution in [3.63, 3.8) is 0 Å². The Hall–Kier alpha value is -4.93. The Morgan fingerprint density at radius 3 is 1.39 bits per heavy atom. The number of nitrogens with one attached hydrogen (secondary N) is 4. The molecule has 0 radical (unpaired) electrons. The van der Waals surface area contributed by atoms with E-state index in [1.165, 1.54) is 0 Å². The third kappa shape index (κ3) is 9.62. The first-order valence-corrected chi connectivity index (χ1v) is 20.2. The van der Waals surface area contributed by atoms with E-state index in [4.69, 9.17) is 14.7 Å². The molecule has 0 spiro atoms. The van der Waals surface area contributed by atoms with Crippen molar-refractivity contribution < 1.29 is 19.1 Å². The van der Waals surface area contributed by atoms with Crippen LogP contribution in [0.25, 0.3) is 33.6 Å². The van der Waals surface area contributed by atoms with Crippen molar-refractivity contribution in [2.45, 2.75) is 121 Å². The van der Waals surface area contributed by atoms with Crippen LogP contribution in [-0.2, 0) is 14.3 Å². The minimum absolute atomic E-state index is 0.0175. The Labute approximate surface area is 339 Å². The van der Waals surface area contributed by atoms with Crippen molar-refractivity contribution in [3.8, 4) is 33.6 Å². The summed E-state index contributed by atoms with van der Waals surface area (Å²) in [7, 11) is 0. The number of imidazole rings is 2. The summed E-state index contributed by atoms with van der Waals surface area (Å²) in [6.07, 6.45) is 4.09. The average Bonchev–Trinajstić information content (AvgIpc) is 3.77. The van der Waals surface area contributed by atoms with Gasteiger partial charge in [-0.25, -0.2) is 14.8 Å². The fourth-order valence-electron chi connectivity index (χ4n) is 6.54. The first kappa shape index (κ1) is 43.2. The molecule has 1 saturated heterocycles. The molecule has 2 aromatic heterocycles. The number of nitrogens with zero attached hydrogens (tertiary/aromatic N) is 3. The fourth-order valence-corrected chi connectivity index (χ4v) is 6.54. The molecule has 0 bridgehead atoms. The maximum absolute atomic E-state index is 14.0. The van der Waals surface area contributed by atoms with Crippen molar-refractivity contribution in [2.75, 3.05) is 13.1 Å². The molecule has 1 fully saturated rings. The Morgan fingerprint density at radius 1 is 0.632 bits per heavy atom. The molecule has 57 heavy (non-hydrogen) atoms. The lowest BCUT2D eigenvalue weighted by Gasteiger charge is -2.43. The fraction of sp³-hybridized carbons (Fsp3) is 0.543. The maximum atomic E-state index is 14.0. The second-order valence-electron chi connectivity index (χ2n) is 20.2. The predicted molar refractivity (Wildman–Crippen MR) is 227 cm³/mol. The van der Waals surface area contributed by atoms with Crippen molar-refractivity contribution in [3.05, 3.63) is 72.6 Å². The van der Waals surface area contributed by atoms with E-state index in [1.807, 2.05) is 54.7 Å². The smallest absolute Gasteiger partial charge is 0.410 e. The van der Waals surface area contributed by atoms with Gasteiger partial charge in [0, 0.05) is 24.4 Å². The van der Waals surface area contributed by atoms with E-state index < -0.39 is 28.6 Å². The first-order valence-electron chi connectivity index (χ1n) is 20.2. The van der Waals surface area contributed by atoms with Gasteiger partial charge in [0.15, 0.2) is 5.60 Å². The molecule has 0 unspecified atom stereocenters. The van der Waals surface area contributed by atoms with Gasteiger partial charge in [-0.15, -0.1) is 0 Å². The van der Waals surface area contributed by atoms with E-state index in [9.17, 15) is 14.4 Å². The molecule has 11 heteroatoms. The number of ether oxygens (including phenoxy) is 1. The zero-order valence-corrected chi connectivity index (χ0v) is 36.6. The Balaban J connectivity index is 1.29. The lowest BCUT2D eigenvalue weighted by atomic mass is 9.76. The highest BCUT2D eigenvalue weighted by Gasteiger charge is 2.50. The number of likely N-dealkylation sites (tertiary alicyclic amines) is 1. The quantitative estimate of drug-likeness (QED) is 0.126. The van der Waals surface area contributed by atoms with Crippen LogP contribution in [0.4, 0.5) is 4.79 Å². The summed E-state index contributed by atoms with van der Waals surface area (Å²) in [6.45, 7) is 29.3. The zero-order valence-electron chi connectivity index (χ0n) is 36.6. The van der Waals surface area contributed by atoms with Crippen LogP contribution in [0.3, 0.4) is 0 Å². The van der Waals surface area contributed by atoms with Gasteiger partial charge < -0.3 is 30.2 Å². The number of hydrogen-bond acceptors (Lipinski definition) is 6. The second-order valence-corrected chi connectivity index (χ2v) is 20.2. The van der Waals surface area contributed by atoms with Gasteiger partial charge in [-0.2, -0.15) is 0 Å². The summed E-state index contributed by atoms with van der Waals surface area (Å²) < 4.78 is 5.94. The third-order valence-corrected chi connectivity index (χ3v) is 11.7. The van der Waals surface area contributed by atoms with Gasteiger partial charge in [0.2, 0.25) is 5.91 Å². The monoisotopic (exact) mass is 780 g/mol. The van der Waals surface area contributed by atoms with Crippen LogP contribution in [0.15, 0.2) is 60.9 Å². The summed E-state index contributed by atoms with van der Waals surface area (Å²) >= 11 is 0. The molecule has 1 aliphatic heterocycles. The van der Waals surface area contributed by atoms with Crippen molar-refractivity contribution in [1.29, 1.82) is 0 Å². The molecule has 3 amide bonds. The van der Waals surface area contributed by atoms with E-state index in [1.54, 1.807) is 18.0 Å². The van der Waals surface area contributed by atoms with E-state index in [-0.39, 0.29) is 34.6 Å². The number of carbonyl (C=O) groups excluding carboxylic acids is 3. The maximum Gasteiger partial charge on any atom is 0.410 e. The summed E-state index contributed by atoms with van der Waals surface area (Å²) in [4.78, 5) is 58.1. The van der Waals surface area contributed by atoms with Gasteiger partial charge in [0.1, 0.15) is 11.6 Å². The summed E-state index contributed by atoms with van der Waals surface area (Å²) in [6, 6.07) is 15.9. The molecule has 1 aliphatic rings. The summed E-state index contributed by atoms with van der Waals surface area (Å²) in [5, 5.41) is 6.45. The van der Waals surface area contributed by atoms with Crippen molar-refractivity contribution in [1.82, 2.24) is 35.5 Å². The van der Waals surface area contributed by atoms with Gasteiger partial charge in [0.05, 0.1) is 35.9 Å². The lowest BCUT2D eigenvalue weighted by Crippen LogP contribution is -2.59. The van der Waals surface area contributed by atoms with Gasteiger partial charge in [0.25, 0.3) is 5.91 Å². The van der Waals surface area contributed by atoms with Gasteiger partial charge in [-0.3, -0.25) is 9.59 Å². The van der Waals surface area contributed by atoms with Crippen LogP contribution in [0, 0.1) is 27.6 Å². The predicted octanol–water partition coefficient (Wildman–Crippen LogP) is 9.87. The van der Waals surface area contributed by atoms with Crippen LogP contribution in [0.1, 0.15) is 127 Å². The SMILES string of the molecule is C[C@H](C(=O)N[C@H](c1ncc(-c2ccc(-c3ccc(-c4cnc([C@@H](NC(=O)[C@](C)(OC(=O)N5CCC5)C(C)(C)C)C(C)(C)C)[nH]4)cc3)cc2)[nH]1)C(C)(C)C)C(C)(C)C. The molecular formula is C46H65N7O4. The topological polar surface area (TPSA) is 145 Å². The molecule has 0 saturated carbocycles. The standard InChI is InChI=1S/C46H65N7O4/c1-28(42(2,3)4)39(54)51-35(43(5,6)7)37-47-26-33(49-37)31-20-16-29(17-21-31)30-18-22-32(23-19-30)34-27-48-38(50-34)36(44(8,9)10)52-40(55)46(14,45(11,12)13)57-41(56)53-24-15-25-53/h16-23,26-28,35-36H,15,24-25H2,1-14H3,(H,47,49)(H,48,50)(H,51,54)(H,52,55)/t28-,35-,36-,46+/m1/s1. The van der Waals surface area contributed by atoms with Crippen LogP contribution in [0.2, 0.25) is 0 Å². The Morgan fingerprint density at radius 2 is 1.04 bits per heavy atom. The number of hydrogen-bond donors (Lipinski definition) is 4. The summed E-state index contributed by atoms with van der Waals surface area (Å²) in [5.74, 6) is 0.851. The van der Waals surface area contributed by atoms with Crippen LogP contribution >= 0.6 is 0 Å². The van der Waals surface area contributed by atoms with Gasteiger partial charge >= 0.3 is 6.09 Å². The van der Waals surface area contributed by atoms with E-state index in [0.717, 1.165) is 45.9 Å². The molecule has 4 aromatic rings. The first-order chi connectivity index (χ1) is 26.3. The minimum Gasteiger partial charge on any atom is -0.432 e. The molecule has 4 N–H and O–H groups in total. The van der Waals surface area contributed by atoms with Crippen LogP contribution < -0.4 is 10.6 Å². The highest BCUT2D eigenvalue weighted by molar-refractivity contribution is 5.88. The highest BCUT2D eigenvalue weighted by atomic mass is 16.6. The molecule has 5 rings (SSSR count). The molecular weight excluding hydrogens is 715 g/mol. The Kier molecular flexibility index (Phi) is 12.0. The van der Waals surface area contributed by atoms with E-state index >= 15 is 0 Å². The van der Waals surface area contributed by atoms with E-state index in [0.29, 0.717) is 18.9 Å². The zero-order chi connectivity index (χ0) is 42.3. The van der Waals surface area contributed by atoms with E-state index in [2.05, 4.69) is 111 Å². The minimum atomic E-state index is -1.41. The van der Waals surface area contributed by atoms with Gasteiger partial charge in [-0.05, 0) is 51.8 Å². The molecule has 4 atom stereocenters. The number of carbonyl (C=O) groups is 3. The molecule has 2 aromatic carbocycles. The number of benzene rings is 2. The second kappa shape index (κ2) is 15.8. The third-order valence-electron chi connectivity index (χ3n) is 11.7. The average molecular weight is 780 g/mol. The molecule has 308 valence electrons. The number of aromatic nitrogens is 4. The van der Waals surface area contributed by atoms with Crippen molar-refractivity contribution in [2.24, 2.45) is 27.6 Å². The number of aromatic amines is 2. The van der Waals surface area contributed by atoms with Crippen LogP contribution in [-0.4, -0.2) is 61.4 Å². The lowest BCUT2D eigenvalue weighted by molar-refractivity contribution is -0.153. The Bertz CT molecular complexity index is 2030. The molecule has 11 nitrogen and oxygen atoms in total. The van der Waals surface area contributed by atoms with Crippen LogP contribution in [0.5, 0.6) is 0 Å². The molecule has 3 heterocycles. The number of amides is 3. The molecule has 0 aliphatic carbocycles. The van der Waals surface area contributed by atoms with Gasteiger partial charge in [-0.1, -0.05) is 139 Å². The largest absolute Gasteiger partial charge is 0.432 e.